The monoisotopic (exact) mass is 138 g/mol. The van der Waals surface area contributed by atoms with E-state index in [-0.39, 0.29) is 12.3 Å². The molecule has 0 saturated carbocycles. The third-order valence-corrected chi connectivity index (χ3v) is 0.793. The molecule has 0 nitrogen and oxygen atoms in total. The van der Waals surface area contributed by atoms with Crippen molar-refractivity contribution in [3.63, 3.8) is 0 Å². The van der Waals surface area contributed by atoms with E-state index in [4.69, 9.17) is 0 Å². The topological polar surface area (TPSA) is 0 Å². The van der Waals surface area contributed by atoms with Gasteiger partial charge in [-0.25, -0.2) is 4.39 Å². The van der Waals surface area contributed by atoms with E-state index in [0.717, 1.165) is 0 Å². The van der Waals surface area contributed by atoms with Gasteiger partial charge in [0.1, 0.15) is 0 Å². The Balaban J connectivity index is 3.77. The van der Waals surface area contributed by atoms with E-state index in [9.17, 15) is 13.2 Å². The van der Waals surface area contributed by atoms with E-state index in [1.165, 1.54) is 0 Å². The van der Waals surface area contributed by atoms with Gasteiger partial charge < -0.3 is 0 Å². The predicted molar refractivity (Wildman–Crippen MR) is 29.8 cm³/mol. The van der Waals surface area contributed by atoms with Crippen LogP contribution in [0, 0.1) is 5.92 Å². The zero-order valence-corrected chi connectivity index (χ0v) is 5.42. The number of hydrogen-bond acceptors (Lipinski definition) is 0. The number of halogens is 3. The van der Waals surface area contributed by atoms with Crippen molar-refractivity contribution < 1.29 is 13.2 Å². The second-order valence-electron chi connectivity index (χ2n) is 2.26. The van der Waals surface area contributed by atoms with Crippen LogP contribution in [0.2, 0.25) is 0 Å². The average molecular weight is 138 g/mol. The van der Waals surface area contributed by atoms with E-state index in [0.29, 0.717) is 0 Å². The van der Waals surface area contributed by atoms with E-state index < -0.39 is 11.9 Å². The van der Waals surface area contributed by atoms with Gasteiger partial charge in [-0.3, -0.25) is 0 Å². The van der Waals surface area contributed by atoms with Crippen LogP contribution in [0.15, 0.2) is 11.9 Å². The molecule has 0 rings (SSSR count). The summed E-state index contributed by atoms with van der Waals surface area (Å²) in [6.45, 7) is 3.37. The molecule has 0 heterocycles. The molecular weight excluding hydrogens is 129 g/mol. The fraction of sp³-hybridized carbons (Fsp3) is 0.667. The summed E-state index contributed by atoms with van der Waals surface area (Å²) in [6, 6.07) is 0. The molecule has 0 aromatic rings. The summed E-state index contributed by atoms with van der Waals surface area (Å²) < 4.78 is 34.5. The zero-order chi connectivity index (χ0) is 7.44. The van der Waals surface area contributed by atoms with Crippen LogP contribution in [-0.4, -0.2) is 0 Å². The lowest BCUT2D eigenvalue weighted by Gasteiger charge is -1.98. The third kappa shape index (κ3) is 4.06. The highest BCUT2D eigenvalue weighted by Crippen LogP contribution is 2.17. The summed E-state index contributed by atoms with van der Waals surface area (Å²) in [6.07, 6.45) is -2.36. The summed E-state index contributed by atoms with van der Waals surface area (Å²) in [7, 11) is 0. The first kappa shape index (κ1) is 8.53. The highest BCUT2D eigenvalue weighted by molar-refractivity contribution is 4.91. The maximum atomic E-state index is 11.9. The minimum atomic E-state index is -2.19. The summed E-state index contributed by atoms with van der Waals surface area (Å²) in [5, 5.41) is 0. The molecule has 0 spiro atoms. The van der Waals surface area contributed by atoms with Gasteiger partial charge in [-0.15, -0.1) is 0 Å². The standard InChI is InChI=1S/C6H9F3/c1-4(2)3-5(7)6(8)9/h4H,3H2,1-2H3. The Hall–Kier alpha value is -0.470. The van der Waals surface area contributed by atoms with Gasteiger partial charge in [-0.1, -0.05) is 13.8 Å². The van der Waals surface area contributed by atoms with Gasteiger partial charge in [0, 0.05) is 6.42 Å². The molecule has 0 atom stereocenters. The lowest BCUT2D eigenvalue weighted by molar-refractivity contribution is 0.359. The van der Waals surface area contributed by atoms with Crippen LogP contribution in [0.5, 0.6) is 0 Å². The Morgan fingerprint density at radius 1 is 1.22 bits per heavy atom. The Kier molecular flexibility index (Phi) is 3.35. The molecule has 0 bridgehead atoms. The molecule has 3 heteroatoms. The van der Waals surface area contributed by atoms with Crippen LogP contribution in [0.1, 0.15) is 20.3 Å². The SMILES string of the molecule is CC(C)CC(F)=C(F)F. The Labute approximate surface area is 52.4 Å². The minimum absolute atomic E-state index is 0.0495. The molecule has 0 N–H and O–H groups in total. The van der Waals surface area contributed by atoms with Crippen LogP contribution < -0.4 is 0 Å². The van der Waals surface area contributed by atoms with Gasteiger partial charge in [-0.2, -0.15) is 8.78 Å². The van der Waals surface area contributed by atoms with Gasteiger partial charge >= 0.3 is 6.08 Å². The van der Waals surface area contributed by atoms with Crippen molar-refractivity contribution >= 4 is 0 Å². The van der Waals surface area contributed by atoms with Crippen LogP contribution in [-0.2, 0) is 0 Å². The first-order valence-corrected chi connectivity index (χ1v) is 2.73. The van der Waals surface area contributed by atoms with Crippen molar-refractivity contribution in [1.29, 1.82) is 0 Å². The van der Waals surface area contributed by atoms with Gasteiger partial charge in [0.25, 0.3) is 0 Å². The molecular formula is C6H9F3. The first-order valence-electron chi connectivity index (χ1n) is 2.73. The van der Waals surface area contributed by atoms with Crippen molar-refractivity contribution in [1.82, 2.24) is 0 Å². The maximum Gasteiger partial charge on any atom is 0.301 e. The molecule has 0 unspecified atom stereocenters. The highest BCUT2D eigenvalue weighted by Gasteiger charge is 2.06. The third-order valence-electron chi connectivity index (χ3n) is 0.793. The van der Waals surface area contributed by atoms with Gasteiger partial charge in [0.05, 0.1) is 0 Å². The first-order chi connectivity index (χ1) is 4.04. The predicted octanol–water partition coefficient (Wildman–Crippen LogP) is 3.11. The van der Waals surface area contributed by atoms with Crippen LogP contribution in [0.25, 0.3) is 0 Å². The van der Waals surface area contributed by atoms with Crippen LogP contribution in [0.3, 0.4) is 0 Å². The molecule has 0 fully saturated rings. The summed E-state index contributed by atoms with van der Waals surface area (Å²) in [4.78, 5) is 0. The van der Waals surface area contributed by atoms with Crippen molar-refractivity contribution in [2.75, 3.05) is 0 Å². The summed E-state index contributed by atoms with van der Waals surface area (Å²) in [5.41, 5.74) is 0. The van der Waals surface area contributed by atoms with Gasteiger partial charge in [0.15, 0.2) is 5.83 Å². The molecule has 0 aliphatic rings. The highest BCUT2D eigenvalue weighted by atomic mass is 19.3. The van der Waals surface area contributed by atoms with Gasteiger partial charge in [-0.05, 0) is 5.92 Å². The summed E-state index contributed by atoms with van der Waals surface area (Å²) >= 11 is 0. The molecule has 0 radical (unpaired) electrons. The number of hydrogen-bond donors (Lipinski definition) is 0. The molecule has 0 amide bonds. The molecule has 0 saturated heterocycles. The van der Waals surface area contributed by atoms with E-state index in [1.54, 1.807) is 13.8 Å². The fourth-order valence-corrected chi connectivity index (χ4v) is 0.436. The summed E-state index contributed by atoms with van der Waals surface area (Å²) in [5.74, 6) is -1.34. The number of rotatable bonds is 2. The fourth-order valence-electron chi connectivity index (χ4n) is 0.436. The van der Waals surface area contributed by atoms with Crippen molar-refractivity contribution in [2.45, 2.75) is 20.3 Å². The molecule has 0 aromatic heterocycles. The average Bonchev–Trinajstić information content (AvgIpc) is 1.63. The van der Waals surface area contributed by atoms with E-state index in [1.807, 2.05) is 0 Å². The zero-order valence-electron chi connectivity index (χ0n) is 5.42. The van der Waals surface area contributed by atoms with Crippen molar-refractivity contribution in [3.8, 4) is 0 Å². The lowest BCUT2D eigenvalue weighted by atomic mass is 10.1. The molecule has 0 aliphatic heterocycles. The smallest absolute Gasteiger partial charge is 0.206 e. The van der Waals surface area contributed by atoms with Crippen molar-refractivity contribution in [3.05, 3.63) is 11.9 Å². The maximum absolute atomic E-state index is 11.9. The quantitative estimate of drug-likeness (QED) is 0.550. The minimum Gasteiger partial charge on any atom is -0.206 e. The molecule has 9 heavy (non-hydrogen) atoms. The second-order valence-corrected chi connectivity index (χ2v) is 2.26. The van der Waals surface area contributed by atoms with Crippen LogP contribution in [0.4, 0.5) is 13.2 Å². The molecule has 0 aliphatic carbocycles. The van der Waals surface area contributed by atoms with Crippen molar-refractivity contribution in [2.24, 2.45) is 5.92 Å². The second kappa shape index (κ2) is 3.54. The van der Waals surface area contributed by atoms with Gasteiger partial charge in [0.2, 0.25) is 0 Å². The Morgan fingerprint density at radius 2 is 1.67 bits per heavy atom. The van der Waals surface area contributed by atoms with E-state index >= 15 is 0 Å². The number of allylic oxidation sites excluding steroid dienone is 1. The normalized spacial score (nSPS) is 10.0. The lowest BCUT2D eigenvalue weighted by Crippen LogP contribution is -1.87. The molecule has 54 valence electrons. The van der Waals surface area contributed by atoms with Crippen LogP contribution >= 0.6 is 0 Å². The molecule has 0 aromatic carbocycles. The Bertz CT molecular complexity index is 111. The van der Waals surface area contributed by atoms with E-state index in [2.05, 4.69) is 0 Å². The largest absolute Gasteiger partial charge is 0.301 e. The Morgan fingerprint density at radius 3 is 1.78 bits per heavy atom.